The lowest BCUT2D eigenvalue weighted by Gasteiger charge is -2.02. The molecule has 0 amide bonds. The Kier molecular flexibility index (Phi) is 4.48. The lowest BCUT2D eigenvalue weighted by atomic mass is 10.2. The zero-order valence-electron chi connectivity index (χ0n) is 13.1. The summed E-state index contributed by atoms with van der Waals surface area (Å²) in [7, 11) is 1.62. The summed E-state index contributed by atoms with van der Waals surface area (Å²) in [4.78, 5) is 16.5. The van der Waals surface area contributed by atoms with Gasteiger partial charge in [0.1, 0.15) is 22.9 Å². The maximum Gasteiger partial charge on any atom is 0.346 e. The van der Waals surface area contributed by atoms with E-state index in [1.807, 2.05) is 29.6 Å². The standard InChI is InChI=1S/C16H15N3O4S/c1-9-13(14(17)23-19-9)16(20)22-7-11-8-24-15(18-11)10-3-5-12(21-2)6-4-10/h3-6,8H,7,17H2,1-2H3. The van der Waals surface area contributed by atoms with Crippen molar-refractivity contribution in [2.75, 3.05) is 12.8 Å². The number of carbonyl (C=O) groups is 1. The predicted octanol–water partition coefficient (Wildman–Crippen LogP) is 3.05. The summed E-state index contributed by atoms with van der Waals surface area (Å²) < 4.78 is 15.1. The lowest BCUT2D eigenvalue weighted by molar-refractivity contribution is 0.0468. The molecule has 0 aliphatic carbocycles. The van der Waals surface area contributed by atoms with Crippen molar-refractivity contribution in [3.05, 3.63) is 46.6 Å². The van der Waals surface area contributed by atoms with Gasteiger partial charge in [-0.05, 0) is 31.2 Å². The van der Waals surface area contributed by atoms with Crippen LogP contribution in [0.5, 0.6) is 5.75 Å². The van der Waals surface area contributed by atoms with Crippen LogP contribution < -0.4 is 10.5 Å². The molecule has 2 heterocycles. The molecule has 0 spiro atoms. The van der Waals surface area contributed by atoms with Crippen molar-refractivity contribution in [1.29, 1.82) is 0 Å². The van der Waals surface area contributed by atoms with Crippen LogP contribution in [0.3, 0.4) is 0 Å². The number of benzene rings is 1. The van der Waals surface area contributed by atoms with Gasteiger partial charge in [0, 0.05) is 10.9 Å². The van der Waals surface area contributed by atoms with Gasteiger partial charge in [0.15, 0.2) is 0 Å². The van der Waals surface area contributed by atoms with E-state index < -0.39 is 5.97 Å². The summed E-state index contributed by atoms with van der Waals surface area (Å²) >= 11 is 1.47. The molecule has 3 rings (SSSR count). The van der Waals surface area contributed by atoms with Gasteiger partial charge < -0.3 is 19.7 Å². The van der Waals surface area contributed by atoms with E-state index in [2.05, 4.69) is 10.1 Å². The Morgan fingerprint density at radius 3 is 2.71 bits per heavy atom. The highest BCUT2D eigenvalue weighted by Gasteiger charge is 2.20. The third-order valence-corrected chi connectivity index (χ3v) is 4.27. The fourth-order valence-corrected chi connectivity index (χ4v) is 2.90. The number of nitrogen functional groups attached to an aromatic ring is 1. The van der Waals surface area contributed by atoms with Gasteiger partial charge in [0.05, 0.1) is 18.5 Å². The van der Waals surface area contributed by atoms with Gasteiger partial charge in [-0.2, -0.15) is 0 Å². The van der Waals surface area contributed by atoms with Crippen LogP contribution >= 0.6 is 11.3 Å². The van der Waals surface area contributed by atoms with Gasteiger partial charge in [-0.1, -0.05) is 5.16 Å². The molecular formula is C16H15N3O4S. The summed E-state index contributed by atoms with van der Waals surface area (Å²) in [6.45, 7) is 1.68. The maximum atomic E-state index is 12.0. The number of hydrogen-bond acceptors (Lipinski definition) is 8. The third-order valence-electron chi connectivity index (χ3n) is 3.33. The highest BCUT2D eigenvalue weighted by Crippen LogP contribution is 2.26. The molecule has 0 unspecified atom stereocenters. The summed E-state index contributed by atoms with van der Waals surface area (Å²) in [5, 5.41) is 6.31. The van der Waals surface area contributed by atoms with E-state index in [1.165, 1.54) is 11.3 Å². The van der Waals surface area contributed by atoms with Crippen LogP contribution in [0, 0.1) is 6.92 Å². The molecule has 0 atom stereocenters. The number of carbonyl (C=O) groups excluding carboxylic acids is 1. The number of ether oxygens (including phenoxy) is 2. The van der Waals surface area contributed by atoms with Crippen LogP contribution in [0.2, 0.25) is 0 Å². The second-order valence-electron chi connectivity index (χ2n) is 4.96. The van der Waals surface area contributed by atoms with Crippen molar-refractivity contribution in [3.8, 4) is 16.3 Å². The number of hydrogen-bond donors (Lipinski definition) is 1. The zero-order valence-corrected chi connectivity index (χ0v) is 13.9. The Labute approximate surface area is 142 Å². The summed E-state index contributed by atoms with van der Waals surface area (Å²) in [5.74, 6) is 0.158. The van der Waals surface area contributed by atoms with Crippen LogP contribution in [0.4, 0.5) is 5.88 Å². The number of aryl methyl sites for hydroxylation is 1. The predicted molar refractivity (Wildman–Crippen MR) is 88.9 cm³/mol. The fourth-order valence-electron chi connectivity index (χ4n) is 2.09. The third kappa shape index (κ3) is 3.23. The first-order valence-corrected chi connectivity index (χ1v) is 7.94. The monoisotopic (exact) mass is 345 g/mol. The van der Waals surface area contributed by atoms with Crippen LogP contribution in [-0.2, 0) is 11.3 Å². The van der Waals surface area contributed by atoms with Crippen LogP contribution in [0.25, 0.3) is 10.6 Å². The molecule has 8 heteroatoms. The molecule has 24 heavy (non-hydrogen) atoms. The number of anilines is 1. The zero-order chi connectivity index (χ0) is 17.1. The molecule has 3 aromatic rings. The number of nitrogens with zero attached hydrogens (tertiary/aromatic N) is 2. The molecular weight excluding hydrogens is 330 g/mol. The van der Waals surface area contributed by atoms with Gasteiger partial charge in [-0.15, -0.1) is 11.3 Å². The molecule has 2 aromatic heterocycles. The van der Waals surface area contributed by atoms with Gasteiger partial charge in [0.2, 0.25) is 5.88 Å². The van der Waals surface area contributed by atoms with Gasteiger partial charge in [-0.25, -0.2) is 9.78 Å². The van der Waals surface area contributed by atoms with Crippen molar-refractivity contribution in [2.24, 2.45) is 0 Å². The topological polar surface area (TPSA) is 100 Å². The molecule has 1 aromatic carbocycles. The summed E-state index contributed by atoms with van der Waals surface area (Å²) in [6.07, 6.45) is 0. The number of methoxy groups -OCH3 is 1. The van der Waals surface area contributed by atoms with Crippen molar-refractivity contribution in [2.45, 2.75) is 13.5 Å². The highest BCUT2D eigenvalue weighted by molar-refractivity contribution is 7.13. The van der Waals surface area contributed by atoms with Crippen molar-refractivity contribution in [1.82, 2.24) is 10.1 Å². The van der Waals surface area contributed by atoms with Crippen molar-refractivity contribution < 1.29 is 18.8 Å². The maximum absolute atomic E-state index is 12.0. The number of aromatic nitrogens is 2. The van der Waals surface area contributed by atoms with Crippen LogP contribution in [0.1, 0.15) is 21.7 Å². The Morgan fingerprint density at radius 1 is 1.33 bits per heavy atom. The molecule has 0 aliphatic heterocycles. The molecule has 0 radical (unpaired) electrons. The lowest BCUT2D eigenvalue weighted by Crippen LogP contribution is -2.08. The van der Waals surface area contributed by atoms with Crippen molar-refractivity contribution >= 4 is 23.2 Å². The van der Waals surface area contributed by atoms with Crippen LogP contribution in [0.15, 0.2) is 34.2 Å². The second-order valence-corrected chi connectivity index (χ2v) is 5.81. The minimum Gasteiger partial charge on any atom is -0.497 e. The highest BCUT2D eigenvalue weighted by atomic mass is 32.1. The van der Waals surface area contributed by atoms with E-state index in [9.17, 15) is 4.79 Å². The number of esters is 1. The van der Waals surface area contributed by atoms with Gasteiger partial charge in [-0.3, -0.25) is 0 Å². The van der Waals surface area contributed by atoms with E-state index >= 15 is 0 Å². The molecule has 124 valence electrons. The van der Waals surface area contributed by atoms with E-state index in [0.717, 1.165) is 16.3 Å². The Morgan fingerprint density at radius 2 is 2.08 bits per heavy atom. The second kappa shape index (κ2) is 6.71. The minimum atomic E-state index is -0.578. The Bertz CT molecular complexity index is 835. The Hall–Kier alpha value is -2.87. The number of nitrogens with two attached hydrogens (primary N) is 1. The quantitative estimate of drug-likeness (QED) is 0.709. The summed E-state index contributed by atoms with van der Waals surface area (Å²) in [6, 6.07) is 7.59. The van der Waals surface area contributed by atoms with Gasteiger partial charge >= 0.3 is 5.97 Å². The molecule has 0 saturated heterocycles. The molecule has 0 bridgehead atoms. The van der Waals surface area contributed by atoms with E-state index in [4.69, 9.17) is 19.7 Å². The summed E-state index contributed by atoms with van der Waals surface area (Å²) in [5.41, 5.74) is 7.74. The van der Waals surface area contributed by atoms with E-state index in [1.54, 1.807) is 14.0 Å². The van der Waals surface area contributed by atoms with E-state index in [0.29, 0.717) is 11.4 Å². The first-order chi connectivity index (χ1) is 11.6. The number of rotatable bonds is 5. The smallest absolute Gasteiger partial charge is 0.346 e. The first-order valence-electron chi connectivity index (χ1n) is 7.06. The molecule has 0 saturated carbocycles. The fraction of sp³-hybridized carbons (Fsp3) is 0.188. The molecule has 7 nitrogen and oxygen atoms in total. The molecule has 2 N–H and O–H groups in total. The van der Waals surface area contributed by atoms with Crippen LogP contribution in [-0.4, -0.2) is 23.2 Å². The SMILES string of the molecule is COc1ccc(-c2nc(COC(=O)c3c(C)noc3N)cs2)cc1. The average Bonchev–Trinajstić information content (AvgIpc) is 3.20. The van der Waals surface area contributed by atoms with Gasteiger partial charge in [0.25, 0.3) is 0 Å². The Balaban J connectivity index is 1.67. The minimum absolute atomic E-state index is 0.0466. The number of thiazole rings is 1. The molecule has 0 fully saturated rings. The molecule has 0 aliphatic rings. The largest absolute Gasteiger partial charge is 0.497 e. The average molecular weight is 345 g/mol. The first kappa shape index (κ1) is 16.0. The van der Waals surface area contributed by atoms with E-state index in [-0.39, 0.29) is 18.1 Å². The normalized spacial score (nSPS) is 10.6. The van der Waals surface area contributed by atoms with Crippen molar-refractivity contribution in [3.63, 3.8) is 0 Å².